The van der Waals surface area contributed by atoms with Gasteiger partial charge in [-0.2, -0.15) is 4.98 Å². The lowest BCUT2D eigenvalue weighted by atomic mass is 10.2. The summed E-state index contributed by atoms with van der Waals surface area (Å²) in [5.74, 6) is -0.432. The van der Waals surface area contributed by atoms with E-state index >= 15 is 0 Å². The van der Waals surface area contributed by atoms with Crippen molar-refractivity contribution >= 4 is 41.0 Å². The van der Waals surface area contributed by atoms with Gasteiger partial charge in [0, 0.05) is 5.02 Å². The maximum Gasteiger partial charge on any atom is 0.395 e. The van der Waals surface area contributed by atoms with Gasteiger partial charge in [-0.3, -0.25) is 19.7 Å². The summed E-state index contributed by atoms with van der Waals surface area (Å²) in [5.41, 5.74) is -1.13. The van der Waals surface area contributed by atoms with Crippen molar-refractivity contribution in [3.05, 3.63) is 73.3 Å². The molecule has 0 bridgehead atoms. The molecule has 1 aromatic heterocycles. The number of amides is 1. The maximum atomic E-state index is 12.4. The Morgan fingerprint density at radius 1 is 1.19 bits per heavy atom. The van der Waals surface area contributed by atoms with Crippen LogP contribution in [0.4, 0.5) is 11.4 Å². The average molecular weight is 517 g/mol. The zero-order valence-electron chi connectivity index (χ0n) is 19.1. The van der Waals surface area contributed by atoms with Gasteiger partial charge in [-0.15, -0.1) is 0 Å². The molecule has 2 aromatic carbocycles. The Morgan fingerprint density at radius 2 is 1.94 bits per heavy atom. The molecule has 0 fully saturated rings. The van der Waals surface area contributed by atoms with Gasteiger partial charge in [-0.1, -0.05) is 23.7 Å². The number of rotatable bonds is 10. The number of aromatic amines is 1. The number of benzene rings is 2. The number of anilines is 1. The van der Waals surface area contributed by atoms with E-state index in [1.807, 2.05) is 0 Å². The molecule has 3 rings (SSSR count). The highest BCUT2D eigenvalue weighted by atomic mass is 35.5. The Morgan fingerprint density at radius 3 is 2.61 bits per heavy atom. The zero-order valence-corrected chi connectivity index (χ0v) is 19.9. The minimum atomic E-state index is -1.08. The van der Waals surface area contributed by atoms with Gasteiger partial charge < -0.3 is 29.6 Å². The molecule has 0 spiro atoms. The topological polar surface area (TPSA) is 166 Å². The molecule has 1 heterocycles. The van der Waals surface area contributed by atoms with Crippen LogP contribution in [0.5, 0.6) is 23.1 Å². The van der Waals surface area contributed by atoms with Crippen molar-refractivity contribution in [2.75, 3.05) is 25.6 Å². The molecule has 1 amide bonds. The van der Waals surface area contributed by atoms with Gasteiger partial charge in [0.1, 0.15) is 11.6 Å². The van der Waals surface area contributed by atoms with Gasteiger partial charge in [0.25, 0.3) is 11.8 Å². The van der Waals surface area contributed by atoms with Crippen molar-refractivity contribution < 1.29 is 29.0 Å². The molecule has 0 saturated heterocycles. The lowest BCUT2D eigenvalue weighted by molar-refractivity contribution is -0.387. The molecule has 0 radical (unpaired) electrons. The average Bonchev–Trinajstić information content (AvgIpc) is 2.82. The third kappa shape index (κ3) is 6.51. The van der Waals surface area contributed by atoms with Crippen molar-refractivity contribution in [2.24, 2.45) is 0 Å². The Bertz CT molecular complexity index is 1370. The number of carbonyl (C=O) groups is 1. The summed E-state index contributed by atoms with van der Waals surface area (Å²) < 4.78 is 16.4. The standard InChI is InChI=1S/C23H21ClN4O8/c1-3-35-18-10-13(5-9-19-26-22(30)21(28(32)33)23(31)27-19)4-7-17(18)36-12-20(29)25-15-11-14(24)6-8-16(15)34-2/h4-11H,3,12H2,1-2H3,(H,25,29)(H2,26,27,30,31)/b9-5+. The highest BCUT2D eigenvalue weighted by molar-refractivity contribution is 6.31. The predicted molar refractivity (Wildman–Crippen MR) is 132 cm³/mol. The monoisotopic (exact) mass is 516 g/mol. The fraction of sp³-hybridized carbons (Fsp3) is 0.174. The van der Waals surface area contributed by atoms with E-state index in [9.17, 15) is 24.8 Å². The fourth-order valence-electron chi connectivity index (χ4n) is 3.01. The van der Waals surface area contributed by atoms with Crippen molar-refractivity contribution in [1.29, 1.82) is 0 Å². The van der Waals surface area contributed by atoms with Gasteiger partial charge in [0.15, 0.2) is 18.1 Å². The number of H-pyrrole nitrogens is 1. The van der Waals surface area contributed by atoms with Crippen molar-refractivity contribution in [3.63, 3.8) is 0 Å². The Hall–Kier alpha value is -4.58. The lowest BCUT2D eigenvalue weighted by Gasteiger charge is -2.14. The largest absolute Gasteiger partial charge is 0.495 e. The molecule has 0 aliphatic heterocycles. The van der Waals surface area contributed by atoms with E-state index in [1.165, 1.54) is 19.3 Å². The van der Waals surface area contributed by atoms with E-state index in [0.717, 1.165) is 0 Å². The minimum Gasteiger partial charge on any atom is -0.495 e. The number of nitrogens with zero attached hydrogens (tertiary/aromatic N) is 2. The van der Waals surface area contributed by atoms with E-state index in [0.29, 0.717) is 40.1 Å². The molecule has 13 heteroatoms. The smallest absolute Gasteiger partial charge is 0.395 e. The van der Waals surface area contributed by atoms with Gasteiger partial charge in [-0.05, 0) is 48.9 Å². The summed E-state index contributed by atoms with van der Waals surface area (Å²) in [4.78, 5) is 39.8. The van der Waals surface area contributed by atoms with E-state index in [1.54, 1.807) is 43.3 Å². The first kappa shape index (κ1) is 26.0. The summed E-state index contributed by atoms with van der Waals surface area (Å²) >= 11 is 5.98. The van der Waals surface area contributed by atoms with Gasteiger partial charge in [0.05, 0.1) is 24.3 Å². The number of aromatic hydroxyl groups is 1. The fourth-order valence-corrected chi connectivity index (χ4v) is 3.19. The van der Waals surface area contributed by atoms with Crippen molar-refractivity contribution in [3.8, 4) is 23.1 Å². The number of hydrogen-bond donors (Lipinski definition) is 3. The van der Waals surface area contributed by atoms with E-state index < -0.39 is 28.0 Å². The predicted octanol–water partition coefficient (Wildman–Crippen LogP) is 3.63. The molecule has 0 aliphatic rings. The molecule has 0 unspecified atom stereocenters. The van der Waals surface area contributed by atoms with Crippen LogP contribution in [0.1, 0.15) is 18.3 Å². The van der Waals surface area contributed by atoms with Gasteiger partial charge in [0.2, 0.25) is 0 Å². The lowest BCUT2D eigenvalue weighted by Crippen LogP contribution is -2.20. The number of nitrogens with one attached hydrogen (secondary N) is 2. The summed E-state index contributed by atoms with van der Waals surface area (Å²) in [5, 5.41) is 23.5. The van der Waals surface area contributed by atoms with Crippen LogP contribution in [0.2, 0.25) is 5.02 Å². The van der Waals surface area contributed by atoms with Gasteiger partial charge >= 0.3 is 11.2 Å². The van der Waals surface area contributed by atoms with Crippen LogP contribution in [0.3, 0.4) is 0 Å². The highest BCUT2D eigenvalue weighted by Gasteiger charge is 2.21. The van der Waals surface area contributed by atoms with Gasteiger partial charge in [-0.25, -0.2) is 0 Å². The van der Waals surface area contributed by atoms with Crippen molar-refractivity contribution in [2.45, 2.75) is 6.92 Å². The summed E-state index contributed by atoms with van der Waals surface area (Å²) in [7, 11) is 1.47. The quantitative estimate of drug-likeness (QED) is 0.269. The van der Waals surface area contributed by atoms with Crippen LogP contribution < -0.4 is 25.1 Å². The van der Waals surface area contributed by atoms with Crippen molar-refractivity contribution in [1.82, 2.24) is 9.97 Å². The van der Waals surface area contributed by atoms with Crippen LogP contribution in [0, 0.1) is 10.1 Å². The molecule has 188 valence electrons. The third-order valence-corrected chi connectivity index (χ3v) is 4.81. The molecule has 0 atom stereocenters. The normalized spacial score (nSPS) is 10.8. The Balaban J connectivity index is 1.73. The molecular weight excluding hydrogens is 496 g/mol. The molecule has 0 saturated carbocycles. The molecular formula is C23H21ClN4O8. The number of nitro groups is 1. The Labute approximate surface area is 209 Å². The van der Waals surface area contributed by atoms with E-state index in [2.05, 4.69) is 15.3 Å². The second-order valence-electron chi connectivity index (χ2n) is 7.03. The van der Waals surface area contributed by atoms with E-state index in [4.69, 9.17) is 25.8 Å². The third-order valence-electron chi connectivity index (χ3n) is 4.57. The number of hydrogen-bond acceptors (Lipinski definition) is 9. The number of ether oxygens (including phenoxy) is 3. The molecule has 0 aliphatic carbocycles. The van der Waals surface area contributed by atoms with Crippen LogP contribution in [-0.2, 0) is 4.79 Å². The molecule has 36 heavy (non-hydrogen) atoms. The summed E-state index contributed by atoms with van der Waals surface area (Å²) in [6, 6.07) is 9.67. The summed E-state index contributed by atoms with van der Waals surface area (Å²) in [6.45, 7) is 1.78. The van der Waals surface area contributed by atoms with Crippen LogP contribution >= 0.6 is 11.6 Å². The highest BCUT2D eigenvalue weighted by Crippen LogP contribution is 2.30. The van der Waals surface area contributed by atoms with Crippen LogP contribution in [-0.4, -0.2) is 46.2 Å². The molecule has 3 aromatic rings. The maximum absolute atomic E-state index is 12.4. The Kier molecular flexibility index (Phi) is 8.47. The number of aromatic nitrogens is 2. The number of halogens is 1. The first-order chi connectivity index (χ1) is 17.2. The van der Waals surface area contributed by atoms with Crippen LogP contribution in [0.15, 0.2) is 41.2 Å². The first-order valence-electron chi connectivity index (χ1n) is 10.4. The number of methoxy groups -OCH3 is 1. The molecule has 12 nitrogen and oxygen atoms in total. The zero-order chi connectivity index (χ0) is 26.2. The minimum absolute atomic E-state index is 0.0884. The number of carbonyl (C=O) groups excluding carboxylic acids is 1. The second-order valence-corrected chi connectivity index (χ2v) is 7.47. The first-order valence-corrected chi connectivity index (χ1v) is 10.8. The second kappa shape index (κ2) is 11.7. The molecule has 3 N–H and O–H groups in total. The van der Waals surface area contributed by atoms with Crippen LogP contribution in [0.25, 0.3) is 12.2 Å². The summed E-state index contributed by atoms with van der Waals surface area (Å²) in [6.07, 6.45) is 2.89. The SMILES string of the molecule is CCOc1cc(/C=C/c2nc(O)c([N+](=O)[O-])c(=O)[nH]2)ccc1OCC(=O)Nc1cc(Cl)ccc1OC. The van der Waals surface area contributed by atoms with E-state index in [-0.39, 0.29) is 12.4 Å².